The lowest BCUT2D eigenvalue weighted by Crippen LogP contribution is -1.94. The molecule has 0 aliphatic heterocycles. The first-order valence-electron chi connectivity index (χ1n) is 4.24. The first-order valence-corrected chi connectivity index (χ1v) is 6.05. The van der Waals surface area contributed by atoms with Crippen molar-refractivity contribution in [2.45, 2.75) is 6.61 Å². The van der Waals surface area contributed by atoms with Crippen LogP contribution in [-0.4, -0.2) is 22.7 Å². The van der Waals surface area contributed by atoms with Gasteiger partial charge in [0.15, 0.2) is 5.23 Å². The van der Waals surface area contributed by atoms with Gasteiger partial charge in [0.05, 0.1) is 0 Å². The van der Waals surface area contributed by atoms with Crippen LogP contribution in [0.4, 0.5) is 0 Å². The third-order valence-corrected chi connectivity index (χ3v) is 2.46. The monoisotopic (exact) mass is 228 g/mol. The highest BCUT2D eigenvalue weighted by Gasteiger charge is 1.96. The maximum atomic E-state index is 10.2. The normalized spacial score (nSPS) is 11.9. The summed E-state index contributed by atoms with van der Waals surface area (Å²) in [6.45, 7) is 0.153. The zero-order chi connectivity index (χ0) is 11.1. The van der Waals surface area contributed by atoms with Gasteiger partial charge in [-0.3, -0.25) is 5.26 Å². The number of benzene rings is 1. The molecule has 0 aliphatic carbocycles. The van der Waals surface area contributed by atoms with Gasteiger partial charge >= 0.3 is 0 Å². The highest BCUT2D eigenvalue weighted by molar-refractivity contribution is 8.13. The molecule has 4 nitrogen and oxygen atoms in total. The van der Waals surface area contributed by atoms with Gasteiger partial charge in [0.1, 0.15) is 18.3 Å². The molecule has 1 N–H and O–H groups in total. The summed E-state index contributed by atoms with van der Waals surface area (Å²) in [6.07, 6.45) is 1.76. The standard InChI is InChI=1S/C10H12O4S/c1-15(7-11)8-13-10-4-2-9(3-5-10)6-14-12/h2-5,12H,6,8H2,1H3. The van der Waals surface area contributed by atoms with Crippen molar-refractivity contribution in [3.05, 3.63) is 29.8 Å². The molecule has 0 spiro atoms. The molecular weight excluding hydrogens is 216 g/mol. The molecule has 0 saturated carbocycles. The summed E-state index contributed by atoms with van der Waals surface area (Å²) in [6, 6.07) is 7.08. The Hall–Kier alpha value is -1.13. The Morgan fingerprint density at radius 3 is 2.60 bits per heavy atom. The average molecular weight is 228 g/mol. The smallest absolute Gasteiger partial charge is 0.158 e. The molecule has 0 heterocycles. The van der Waals surface area contributed by atoms with Gasteiger partial charge in [-0.25, -0.2) is 9.68 Å². The van der Waals surface area contributed by atoms with Crippen molar-refractivity contribution < 1.29 is 19.7 Å². The van der Waals surface area contributed by atoms with Crippen molar-refractivity contribution in [1.82, 2.24) is 0 Å². The van der Waals surface area contributed by atoms with E-state index in [0.717, 1.165) is 5.56 Å². The van der Waals surface area contributed by atoms with Gasteiger partial charge < -0.3 is 4.74 Å². The summed E-state index contributed by atoms with van der Waals surface area (Å²) < 4.78 is 5.34. The Labute approximate surface area is 90.3 Å². The minimum atomic E-state index is -0.479. The van der Waals surface area contributed by atoms with Crippen LogP contribution in [0.1, 0.15) is 5.56 Å². The van der Waals surface area contributed by atoms with E-state index < -0.39 is 10.5 Å². The second kappa shape index (κ2) is 6.37. The van der Waals surface area contributed by atoms with Crippen molar-refractivity contribution in [3.8, 4) is 5.75 Å². The maximum absolute atomic E-state index is 10.2. The Bertz CT molecular complexity index is 354. The predicted octanol–water partition coefficient (Wildman–Crippen LogP) is 1.98. The lowest BCUT2D eigenvalue weighted by Gasteiger charge is -2.05. The first kappa shape index (κ1) is 11.9. The molecule has 0 aliphatic rings. The SMILES string of the molecule is CS(=C=O)COc1ccc(COO)cc1. The molecule has 0 amide bonds. The fraction of sp³-hybridized carbons (Fsp3) is 0.300. The zero-order valence-corrected chi connectivity index (χ0v) is 9.12. The predicted molar refractivity (Wildman–Crippen MR) is 58.6 cm³/mol. The lowest BCUT2D eigenvalue weighted by atomic mass is 10.2. The summed E-state index contributed by atoms with van der Waals surface area (Å²) in [5, 5.41) is 10.1. The second-order valence-corrected chi connectivity index (χ2v) is 4.58. The fourth-order valence-electron chi connectivity index (χ4n) is 0.937. The van der Waals surface area contributed by atoms with E-state index in [1.807, 2.05) is 5.23 Å². The third-order valence-electron chi connectivity index (χ3n) is 1.70. The van der Waals surface area contributed by atoms with Gasteiger partial charge in [-0.2, -0.15) is 0 Å². The van der Waals surface area contributed by atoms with E-state index in [9.17, 15) is 4.79 Å². The van der Waals surface area contributed by atoms with Crippen molar-refractivity contribution in [1.29, 1.82) is 0 Å². The summed E-state index contributed by atoms with van der Waals surface area (Å²) in [5.74, 6) is 1.03. The maximum Gasteiger partial charge on any atom is 0.158 e. The lowest BCUT2D eigenvalue weighted by molar-refractivity contribution is -0.253. The largest absolute Gasteiger partial charge is 0.483 e. The molecule has 82 valence electrons. The van der Waals surface area contributed by atoms with Crippen LogP contribution in [0.5, 0.6) is 5.75 Å². The van der Waals surface area contributed by atoms with Crippen LogP contribution in [0.3, 0.4) is 0 Å². The van der Waals surface area contributed by atoms with Crippen molar-refractivity contribution in [2.75, 3.05) is 12.2 Å². The molecule has 15 heavy (non-hydrogen) atoms. The number of ether oxygens (including phenoxy) is 1. The van der Waals surface area contributed by atoms with Crippen molar-refractivity contribution >= 4 is 15.7 Å². The Morgan fingerprint density at radius 1 is 1.40 bits per heavy atom. The average Bonchev–Trinajstić information content (AvgIpc) is 2.28. The van der Waals surface area contributed by atoms with Crippen LogP contribution < -0.4 is 4.74 Å². The number of carbonyl (C=O) groups excluding carboxylic acids is 1. The van der Waals surface area contributed by atoms with Gasteiger partial charge in [0.25, 0.3) is 0 Å². The van der Waals surface area contributed by atoms with E-state index in [1.165, 1.54) is 0 Å². The van der Waals surface area contributed by atoms with E-state index in [4.69, 9.17) is 9.99 Å². The molecular formula is C10H12O4S. The first-order chi connectivity index (χ1) is 7.26. The van der Waals surface area contributed by atoms with E-state index >= 15 is 0 Å². The van der Waals surface area contributed by atoms with Gasteiger partial charge in [-0.05, 0) is 24.0 Å². The summed E-state index contributed by atoms with van der Waals surface area (Å²) in [5.41, 5.74) is 0.849. The summed E-state index contributed by atoms with van der Waals surface area (Å²) >= 11 is 0. The number of rotatable bonds is 5. The quantitative estimate of drug-likeness (QED) is 0.475. The molecule has 0 aromatic heterocycles. The van der Waals surface area contributed by atoms with E-state index in [1.54, 1.807) is 30.5 Å². The van der Waals surface area contributed by atoms with Crippen molar-refractivity contribution in [3.63, 3.8) is 0 Å². The molecule has 1 rings (SSSR count). The highest BCUT2D eigenvalue weighted by atomic mass is 32.2. The van der Waals surface area contributed by atoms with E-state index in [2.05, 4.69) is 4.89 Å². The number of hydrogen-bond donors (Lipinski definition) is 1. The van der Waals surface area contributed by atoms with Gasteiger partial charge in [0, 0.05) is 0 Å². The Morgan fingerprint density at radius 2 is 2.07 bits per heavy atom. The van der Waals surface area contributed by atoms with Gasteiger partial charge in [-0.15, -0.1) is 0 Å². The fourth-order valence-corrected chi connectivity index (χ4v) is 1.30. The Balaban J connectivity index is 2.53. The van der Waals surface area contributed by atoms with Crippen LogP contribution >= 0.6 is 10.5 Å². The van der Waals surface area contributed by atoms with Crippen LogP contribution in [0.2, 0.25) is 0 Å². The van der Waals surface area contributed by atoms with Gasteiger partial charge in [-0.1, -0.05) is 22.6 Å². The van der Waals surface area contributed by atoms with Crippen LogP contribution in [-0.2, 0) is 16.3 Å². The van der Waals surface area contributed by atoms with Crippen LogP contribution in [0.25, 0.3) is 0 Å². The van der Waals surface area contributed by atoms with Gasteiger partial charge in [0.2, 0.25) is 0 Å². The molecule has 1 unspecified atom stereocenters. The summed E-state index contributed by atoms with van der Waals surface area (Å²) in [4.78, 5) is 14.2. The zero-order valence-electron chi connectivity index (χ0n) is 8.30. The van der Waals surface area contributed by atoms with Crippen molar-refractivity contribution in [2.24, 2.45) is 0 Å². The highest BCUT2D eigenvalue weighted by Crippen LogP contribution is 2.15. The molecule has 0 saturated heterocycles. The van der Waals surface area contributed by atoms with Crippen LogP contribution in [0.15, 0.2) is 24.3 Å². The Kier molecular flexibility index (Phi) is 5.07. The molecule has 0 radical (unpaired) electrons. The molecule has 0 fully saturated rings. The van der Waals surface area contributed by atoms with E-state index in [-0.39, 0.29) is 6.61 Å². The second-order valence-electron chi connectivity index (χ2n) is 2.90. The molecule has 5 heteroatoms. The van der Waals surface area contributed by atoms with Crippen LogP contribution in [0, 0.1) is 0 Å². The third kappa shape index (κ3) is 4.27. The molecule has 0 bridgehead atoms. The molecule has 1 aromatic carbocycles. The molecule has 1 aromatic rings. The minimum Gasteiger partial charge on any atom is -0.483 e. The topological polar surface area (TPSA) is 55.8 Å². The number of hydrogen-bond acceptors (Lipinski definition) is 4. The molecule has 1 atom stereocenters. The minimum absolute atomic E-state index is 0.153. The summed E-state index contributed by atoms with van der Waals surface area (Å²) in [7, 11) is -0.479. The van der Waals surface area contributed by atoms with E-state index in [0.29, 0.717) is 11.7 Å².